The van der Waals surface area contributed by atoms with E-state index in [9.17, 15) is 4.79 Å². The van der Waals surface area contributed by atoms with E-state index in [-0.39, 0.29) is 11.9 Å². The highest BCUT2D eigenvalue weighted by Crippen LogP contribution is 2.57. The standard InChI is InChI=1S/C35H64O3/c1-8-15-22-29-31(24-17-10-3)35(26-19-12-5,34(36)38-28-21-14-7)32(25-18-11-4)30(23-16-9-2)33(29)37-27-20-13-6/h31H,8-28H2,1-7H3. The van der Waals surface area contributed by atoms with Crippen LogP contribution >= 0.6 is 0 Å². The Morgan fingerprint density at radius 2 is 1.21 bits per heavy atom. The average Bonchev–Trinajstić information content (AvgIpc) is 2.92. The summed E-state index contributed by atoms with van der Waals surface area (Å²) in [5.41, 5.74) is 3.71. The van der Waals surface area contributed by atoms with Crippen molar-refractivity contribution in [1.82, 2.24) is 0 Å². The van der Waals surface area contributed by atoms with Gasteiger partial charge in [-0.1, -0.05) is 106 Å². The van der Waals surface area contributed by atoms with Crippen molar-refractivity contribution in [2.24, 2.45) is 11.3 Å². The summed E-state index contributed by atoms with van der Waals surface area (Å²) in [4.78, 5) is 14.5. The first-order chi connectivity index (χ1) is 18.5. The molecule has 2 unspecified atom stereocenters. The summed E-state index contributed by atoms with van der Waals surface area (Å²) in [7, 11) is 0. The molecule has 3 heteroatoms. The molecule has 0 aromatic heterocycles. The largest absolute Gasteiger partial charge is 0.493 e. The zero-order valence-electron chi connectivity index (χ0n) is 26.7. The van der Waals surface area contributed by atoms with Crippen LogP contribution in [-0.4, -0.2) is 19.2 Å². The van der Waals surface area contributed by atoms with E-state index in [4.69, 9.17) is 9.47 Å². The van der Waals surface area contributed by atoms with Crippen molar-refractivity contribution in [1.29, 1.82) is 0 Å². The topological polar surface area (TPSA) is 35.5 Å². The Balaban J connectivity index is 4.00. The quantitative estimate of drug-likeness (QED) is 0.0969. The molecule has 0 bridgehead atoms. The number of carbonyl (C=O) groups is 1. The highest BCUT2D eigenvalue weighted by molar-refractivity contribution is 5.83. The SMILES string of the molecule is CCCCOC(=O)C1(CCCC)C(CCCC)=C(CCCC)C(OCCCC)=C(CCCC)C1CCCC. The Kier molecular flexibility index (Phi) is 18.9. The smallest absolute Gasteiger partial charge is 0.316 e. The number of allylic oxidation sites excluding steroid dienone is 2. The molecule has 2 atom stereocenters. The third-order valence-corrected chi connectivity index (χ3v) is 8.45. The minimum atomic E-state index is -0.530. The van der Waals surface area contributed by atoms with Gasteiger partial charge in [0.05, 0.1) is 18.6 Å². The number of hydrogen-bond donors (Lipinski definition) is 0. The van der Waals surface area contributed by atoms with Gasteiger partial charge in [-0.2, -0.15) is 0 Å². The lowest BCUT2D eigenvalue weighted by molar-refractivity contribution is -0.157. The summed E-state index contributed by atoms with van der Waals surface area (Å²) in [5, 5.41) is 0. The van der Waals surface area contributed by atoms with Gasteiger partial charge < -0.3 is 9.47 Å². The van der Waals surface area contributed by atoms with Crippen LogP contribution in [0.15, 0.2) is 22.5 Å². The molecular formula is C35H64O3. The minimum Gasteiger partial charge on any atom is -0.493 e. The molecule has 0 amide bonds. The van der Waals surface area contributed by atoms with Crippen molar-refractivity contribution in [3.63, 3.8) is 0 Å². The van der Waals surface area contributed by atoms with Gasteiger partial charge in [0.1, 0.15) is 5.76 Å². The molecule has 38 heavy (non-hydrogen) atoms. The molecule has 0 saturated carbocycles. The van der Waals surface area contributed by atoms with Gasteiger partial charge in [-0.25, -0.2) is 0 Å². The van der Waals surface area contributed by atoms with E-state index in [0.29, 0.717) is 6.61 Å². The summed E-state index contributed by atoms with van der Waals surface area (Å²) in [5.74, 6) is 1.46. The molecule has 0 aromatic rings. The second-order valence-electron chi connectivity index (χ2n) is 11.6. The van der Waals surface area contributed by atoms with Crippen LogP contribution in [0.3, 0.4) is 0 Å². The normalized spacial score (nSPS) is 19.8. The van der Waals surface area contributed by atoms with Gasteiger partial charge in [0.25, 0.3) is 0 Å². The van der Waals surface area contributed by atoms with Gasteiger partial charge >= 0.3 is 5.97 Å². The van der Waals surface area contributed by atoms with E-state index in [1.54, 1.807) is 0 Å². The van der Waals surface area contributed by atoms with Crippen molar-refractivity contribution in [2.75, 3.05) is 13.2 Å². The molecule has 0 spiro atoms. The predicted molar refractivity (Wildman–Crippen MR) is 164 cm³/mol. The van der Waals surface area contributed by atoms with Crippen molar-refractivity contribution in [2.45, 2.75) is 170 Å². The molecule has 0 aromatic carbocycles. The minimum absolute atomic E-state index is 0.0715. The zero-order valence-corrected chi connectivity index (χ0v) is 26.7. The Hall–Kier alpha value is -1.25. The maximum Gasteiger partial charge on any atom is 0.316 e. The fraction of sp³-hybridized carbons (Fsp3) is 0.857. The van der Waals surface area contributed by atoms with Crippen LogP contribution in [0.5, 0.6) is 0 Å². The molecule has 0 N–H and O–H groups in total. The first-order valence-corrected chi connectivity index (χ1v) is 16.8. The molecule has 0 radical (unpaired) electrons. The summed E-state index contributed by atoms with van der Waals surface area (Å²) < 4.78 is 13.1. The second-order valence-corrected chi connectivity index (χ2v) is 11.6. The van der Waals surface area contributed by atoms with Crippen molar-refractivity contribution >= 4 is 5.97 Å². The van der Waals surface area contributed by atoms with Crippen LogP contribution in [0.1, 0.15) is 170 Å². The van der Waals surface area contributed by atoms with E-state index in [1.165, 1.54) is 22.5 Å². The van der Waals surface area contributed by atoms with Crippen molar-refractivity contribution in [3.05, 3.63) is 22.5 Å². The number of hydrogen-bond acceptors (Lipinski definition) is 3. The summed E-state index contributed by atoms with van der Waals surface area (Å²) in [6.45, 7) is 17.1. The molecule has 0 saturated heterocycles. The number of rotatable bonds is 23. The fourth-order valence-corrected chi connectivity index (χ4v) is 6.18. The van der Waals surface area contributed by atoms with Crippen LogP contribution in [-0.2, 0) is 14.3 Å². The third kappa shape index (κ3) is 9.74. The molecule has 222 valence electrons. The number of unbranched alkanes of at least 4 members (excludes halogenated alkanes) is 7. The van der Waals surface area contributed by atoms with Gasteiger partial charge in [0, 0.05) is 5.92 Å². The Morgan fingerprint density at radius 3 is 1.82 bits per heavy atom. The highest BCUT2D eigenvalue weighted by atomic mass is 16.5. The number of ether oxygens (including phenoxy) is 2. The van der Waals surface area contributed by atoms with E-state index >= 15 is 0 Å². The zero-order chi connectivity index (χ0) is 28.2. The molecule has 3 nitrogen and oxygen atoms in total. The van der Waals surface area contributed by atoms with Crippen molar-refractivity contribution in [3.8, 4) is 0 Å². The van der Waals surface area contributed by atoms with Gasteiger partial charge in [-0.15, -0.1) is 0 Å². The monoisotopic (exact) mass is 532 g/mol. The van der Waals surface area contributed by atoms with Crippen LogP contribution in [0.2, 0.25) is 0 Å². The van der Waals surface area contributed by atoms with Crippen LogP contribution in [0.4, 0.5) is 0 Å². The average molecular weight is 533 g/mol. The van der Waals surface area contributed by atoms with Crippen molar-refractivity contribution < 1.29 is 14.3 Å². The van der Waals surface area contributed by atoms with E-state index in [0.717, 1.165) is 129 Å². The molecule has 0 heterocycles. The molecule has 0 aliphatic heterocycles. The van der Waals surface area contributed by atoms with Crippen LogP contribution in [0.25, 0.3) is 0 Å². The maximum absolute atomic E-state index is 14.5. The van der Waals surface area contributed by atoms with Gasteiger partial charge in [0.2, 0.25) is 0 Å². The Bertz CT molecular complexity index is 704. The lowest BCUT2D eigenvalue weighted by atomic mass is 9.56. The van der Waals surface area contributed by atoms with E-state index in [2.05, 4.69) is 48.5 Å². The number of esters is 1. The van der Waals surface area contributed by atoms with Gasteiger partial charge in [0.15, 0.2) is 0 Å². The Morgan fingerprint density at radius 1 is 0.658 bits per heavy atom. The maximum atomic E-state index is 14.5. The Labute approximate surface area is 237 Å². The number of carbonyl (C=O) groups excluding carboxylic acids is 1. The fourth-order valence-electron chi connectivity index (χ4n) is 6.18. The first kappa shape index (κ1) is 34.8. The first-order valence-electron chi connectivity index (χ1n) is 16.8. The lowest BCUT2D eigenvalue weighted by Gasteiger charge is -2.47. The van der Waals surface area contributed by atoms with E-state index in [1.807, 2.05) is 0 Å². The van der Waals surface area contributed by atoms with Gasteiger partial charge in [-0.3, -0.25) is 4.79 Å². The van der Waals surface area contributed by atoms with Gasteiger partial charge in [-0.05, 0) is 80.9 Å². The highest BCUT2D eigenvalue weighted by Gasteiger charge is 2.54. The molecule has 1 rings (SSSR count). The summed E-state index contributed by atoms with van der Waals surface area (Å²) in [6, 6.07) is 0. The molecular weight excluding hydrogens is 468 g/mol. The third-order valence-electron chi connectivity index (χ3n) is 8.45. The van der Waals surface area contributed by atoms with Crippen LogP contribution in [0, 0.1) is 11.3 Å². The molecule has 1 aliphatic carbocycles. The van der Waals surface area contributed by atoms with Crippen LogP contribution < -0.4 is 0 Å². The molecule has 0 fully saturated rings. The lowest BCUT2D eigenvalue weighted by Crippen LogP contribution is -2.46. The summed E-state index contributed by atoms with van der Waals surface area (Å²) in [6.07, 6.45) is 20.5. The second kappa shape index (κ2) is 20.6. The molecule has 1 aliphatic rings. The predicted octanol–water partition coefficient (Wildman–Crippen LogP) is 11.3. The van der Waals surface area contributed by atoms with E-state index < -0.39 is 5.41 Å². The summed E-state index contributed by atoms with van der Waals surface area (Å²) >= 11 is 0.